The first-order valence-corrected chi connectivity index (χ1v) is 6.83. The molecule has 4 heteroatoms. The third-order valence-electron chi connectivity index (χ3n) is 3.87. The van der Waals surface area contributed by atoms with Crippen molar-refractivity contribution in [2.45, 2.75) is 44.2 Å². The molecule has 1 atom stereocenters. The Bertz CT molecular complexity index is 436. The minimum atomic E-state index is -0.729. The summed E-state index contributed by atoms with van der Waals surface area (Å²) in [5.41, 5.74) is 7.28. The molecule has 1 aliphatic rings. The van der Waals surface area contributed by atoms with Crippen LogP contribution in [0.3, 0.4) is 0 Å². The maximum absolute atomic E-state index is 12.0. The predicted molar refractivity (Wildman–Crippen MR) is 74.5 cm³/mol. The Balaban J connectivity index is 1.88. The number of rotatable bonds is 4. The van der Waals surface area contributed by atoms with E-state index in [-0.39, 0.29) is 12.5 Å². The lowest BCUT2D eigenvalue weighted by Crippen LogP contribution is -2.52. The number of hydrogen-bond acceptors (Lipinski definition) is 3. The maximum atomic E-state index is 12.0. The van der Waals surface area contributed by atoms with Crippen molar-refractivity contribution in [3.8, 4) is 0 Å². The van der Waals surface area contributed by atoms with Gasteiger partial charge in [-0.1, -0.05) is 42.7 Å². The van der Waals surface area contributed by atoms with E-state index in [0.29, 0.717) is 0 Å². The van der Waals surface area contributed by atoms with Crippen LogP contribution in [0.4, 0.5) is 0 Å². The number of carbonyl (C=O) groups excluding carboxylic acids is 1. The van der Waals surface area contributed by atoms with Crippen molar-refractivity contribution in [2.24, 2.45) is 5.73 Å². The van der Waals surface area contributed by atoms with Crippen molar-refractivity contribution in [1.29, 1.82) is 0 Å². The lowest BCUT2D eigenvalue weighted by Gasteiger charge is -2.23. The molecular formula is C15H22N2O2. The van der Waals surface area contributed by atoms with Gasteiger partial charge in [0.25, 0.3) is 0 Å². The summed E-state index contributed by atoms with van der Waals surface area (Å²) in [7, 11) is 0. The van der Waals surface area contributed by atoms with Gasteiger partial charge in [0.1, 0.15) is 0 Å². The summed E-state index contributed by atoms with van der Waals surface area (Å²) in [6.07, 6.45) is 2.79. The molecule has 1 saturated carbocycles. The fourth-order valence-electron chi connectivity index (χ4n) is 2.50. The van der Waals surface area contributed by atoms with Crippen molar-refractivity contribution in [3.63, 3.8) is 0 Å². The molecule has 4 N–H and O–H groups in total. The number of nitrogens with two attached hydrogens (primary N) is 1. The van der Waals surface area contributed by atoms with Gasteiger partial charge in [-0.05, 0) is 25.3 Å². The van der Waals surface area contributed by atoms with E-state index in [9.17, 15) is 9.90 Å². The van der Waals surface area contributed by atoms with Crippen LogP contribution in [0.2, 0.25) is 0 Å². The third-order valence-corrected chi connectivity index (χ3v) is 3.87. The van der Waals surface area contributed by atoms with E-state index in [1.54, 1.807) is 0 Å². The predicted octanol–water partition coefficient (Wildman–Crippen LogP) is 1.42. The normalized spacial score (nSPS) is 19.1. The Morgan fingerprint density at radius 3 is 2.53 bits per heavy atom. The Labute approximate surface area is 114 Å². The summed E-state index contributed by atoms with van der Waals surface area (Å²) in [6.45, 7) is 2.21. The number of hydrogen-bond donors (Lipinski definition) is 3. The number of benzene rings is 1. The van der Waals surface area contributed by atoms with Gasteiger partial charge in [-0.3, -0.25) is 4.79 Å². The van der Waals surface area contributed by atoms with Crippen LogP contribution in [0.15, 0.2) is 24.3 Å². The number of aliphatic hydroxyl groups is 1. The van der Waals surface area contributed by atoms with Crippen molar-refractivity contribution < 1.29 is 9.90 Å². The molecule has 0 aliphatic heterocycles. The van der Waals surface area contributed by atoms with Crippen LogP contribution in [0.25, 0.3) is 0 Å². The van der Waals surface area contributed by atoms with E-state index in [0.717, 1.165) is 36.8 Å². The second-order valence-electron chi connectivity index (χ2n) is 5.50. The smallest absolute Gasteiger partial charge is 0.240 e. The van der Waals surface area contributed by atoms with Gasteiger partial charge in [0.2, 0.25) is 5.91 Å². The Kier molecular flexibility index (Phi) is 4.22. The molecule has 104 valence electrons. The zero-order chi connectivity index (χ0) is 13.9. The lowest BCUT2D eigenvalue weighted by atomic mass is 9.98. The van der Waals surface area contributed by atoms with E-state index in [1.165, 1.54) is 0 Å². The van der Waals surface area contributed by atoms with Crippen molar-refractivity contribution in [3.05, 3.63) is 35.4 Å². The summed E-state index contributed by atoms with van der Waals surface area (Å²) >= 11 is 0. The molecular weight excluding hydrogens is 240 g/mol. The topological polar surface area (TPSA) is 75.3 Å². The summed E-state index contributed by atoms with van der Waals surface area (Å²) in [4.78, 5) is 12.0. The number of nitrogens with one attached hydrogen (secondary N) is 1. The molecule has 0 bridgehead atoms. The van der Waals surface area contributed by atoms with Crippen LogP contribution in [-0.4, -0.2) is 23.1 Å². The number of aryl methyl sites for hydroxylation is 1. The van der Waals surface area contributed by atoms with Crippen LogP contribution in [-0.2, 0) is 4.79 Å². The van der Waals surface area contributed by atoms with E-state index < -0.39 is 11.6 Å². The summed E-state index contributed by atoms with van der Waals surface area (Å²) < 4.78 is 0. The van der Waals surface area contributed by atoms with Crippen molar-refractivity contribution in [2.75, 3.05) is 6.54 Å². The average molecular weight is 262 g/mol. The highest BCUT2D eigenvalue weighted by Gasteiger charge is 2.36. The maximum Gasteiger partial charge on any atom is 0.240 e. The minimum absolute atomic E-state index is 0.142. The quantitative estimate of drug-likeness (QED) is 0.768. The van der Waals surface area contributed by atoms with Crippen LogP contribution in [0.1, 0.15) is 42.9 Å². The number of amides is 1. The number of aliphatic hydroxyl groups excluding tert-OH is 1. The van der Waals surface area contributed by atoms with Gasteiger partial charge in [0.05, 0.1) is 11.6 Å². The Morgan fingerprint density at radius 2 is 1.95 bits per heavy atom. The highest BCUT2D eigenvalue weighted by atomic mass is 16.3. The lowest BCUT2D eigenvalue weighted by molar-refractivity contribution is -0.126. The van der Waals surface area contributed by atoms with Gasteiger partial charge >= 0.3 is 0 Å². The Hall–Kier alpha value is -1.39. The molecule has 1 aromatic carbocycles. The molecule has 19 heavy (non-hydrogen) atoms. The first kappa shape index (κ1) is 14.0. The molecule has 0 heterocycles. The summed E-state index contributed by atoms with van der Waals surface area (Å²) in [6, 6.07) is 7.64. The van der Waals surface area contributed by atoms with Gasteiger partial charge in [0.15, 0.2) is 0 Å². The molecule has 4 nitrogen and oxygen atoms in total. The minimum Gasteiger partial charge on any atom is -0.387 e. The second kappa shape index (κ2) is 5.72. The zero-order valence-corrected chi connectivity index (χ0v) is 11.4. The largest absolute Gasteiger partial charge is 0.387 e. The fraction of sp³-hybridized carbons (Fsp3) is 0.533. The fourth-order valence-corrected chi connectivity index (χ4v) is 2.50. The van der Waals surface area contributed by atoms with Crippen LogP contribution in [0.5, 0.6) is 0 Å². The Morgan fingerprint density at radius 1 is 1.37 bits per heavy atom. The first-order valence-electron chi connectivity index (χ1n) is 6.83. The van der Waals surface area contributed by atoms with Crippen LogP contribution in [0, 0.1) is 6.92 Å². The van der Waals surface area contributed by atoms with E-state index in [2.05, 4.69) is 5.32 Å². The molecule has 2 rings (SSSR count). The molecule has 0 spiro atoms. The second-order valence-corrected chi connectivity index (χ2v) is 5.50. The van der Waals surface area contributed by atoms with Gasteiger partial charge in [0, 0.05) is 6.54 Å². The monoisotopic (exact) mass is 262 g/mol. The highest BCUT2D eigenvalue weighted by Crippen LogP contribution is 2.27. The number of carbonyl (C=O) groups is 1. The molecule has 0 saturated heterocycles. The van der Waals surface area contributed by atoms with Crippen molar-refractivity contribution in [1.82, 2.24) is 5.32 Å². The van der Waals surface area contributed by atoms with Crippen LogP contribution < -0.4 is 11.1 Å². The van der Waals surface area contributed by atoms with Crippen LogP contribution >= 0.6 is 0 Å². The van der Waals surface area contributed by atoms with Gasteiger partial charge < -0.3 is 16.2 Å². The molecule has 1 amide bonds. The molecule has 0 aromatic heterocycles. The van der Waals surface area contributed by atoms with Crippen molar-refractivity contribution >= 4 is 5.91 Å². The SMILES string of the molecule is Cc1ccc(C(O)CNC(=O)C2(N)CCCC2)cc1. The van der Waals surface area contributed by atoms with E-state index in [1.807, 2.05) is 31.2 Å². The molecule has 1 unspecified atom stereocenters. The van der Waals surface area contributed by atoms with E-state index >= 15 is 0 Å². The summed E-state index contributed by atoms with van der Waals surface area (Å²) in [5, 5.41) is 12.8. The van der Waals surface area contributed by atoms with Gasteiger partial charge in [-0.25, -0.2) is 0 Å². The summed E-state index contributed by atoms with van der Waals surface area (Å²) in [5.74, 6) is -0.142. The zero-order valence-electron chi connectivity index (χ0n) is 11.4. The highest BCUT2D eigenvalue weighted by molar-refractivity contribution is 5.86. The molecule has 1 aromatic rings. The molecule has 1 fully saturated rings. The third kappa shape index (κ3) is 3.33. The van der Waals surface area contributed by atoms with Gasteiger partial charge in [-0.15, -0.1) is 0 Å². The standard InChI is InChI=1S/C15H22N2O2/c1-11-4-6-12(7-5-11)13(18)10-17-14(19)15(16)8-2-3-9-15/h4-7,13,18H,2-3,8-10,16H2,1H3,(H,17,19). The van der Waals surface area contributed by atoms with E-state index in [4.69, 9.17) is 5.73 Å². The molecule has 1 aliphatic carbocycles. The average Bonchev–Trinajstić information content (AvgIpc) is 2.84. The molecule has 0 radical (unpaired) electrons. The van der Waals surface area contributed by atoms with Gasteiger partial charge in [-0.2, -0.15) is 0 Å². The first-order chi connectivity index (χ1) is 9.01.